The molecule has 152 valence electrons. The molecular formula is C21H19F3N2O3. The second kappa shape index (κ2) is 6.88. The highest BCUT2D eigenvalue weighted by Gasteiger charge is 2.50. The summed E-state index contributed by atoms with van der Waals surface area (Å²) in [6, 6.07) is 10.1. The van der Waals surface area contributed by atoms with Crippen LogP contribution in [0.1, 0.15) is 39.0 Å². The number of fused-ring (bicyclic) bond motifs is 1. The number of halogens is 3. The SMILES string of the molecule is O=C(NO)c1cccc2c1CC1(CCN(Cc3ccc(C(F)(F)F)cc3)C1=O)C2. The molecule has 1 unspecified atom stereocenters. The van der Waals surface area contributed by atoms with E-state index in [0.29, 0.717) is 36.9 Å². The normalized spacial score (nSPS) is 21.0. The fraction of sp³-hybridized carbons (Fsp3) is 0.333. The number of alkyl halides is 3. The Morgan fingerprint density at radius 3 is 2.52 bits per heavy atom. The molecule has 8 heteroatoms. The van der Waals surface area contributed by atoms with Crippen LogP contribution in [0, 0.1) is 5.41 Å². The topological polar surface area (TPSA) is 69.6 Å². The Bertz CT molecular complexity index is 972. The highest BCUT2D eigenvalue weighted by Crippen LogP contribution is 2.46. The van der Waals surface area contributed by atoms with Gasteiger partial charge < -0.3 is 4.90 Å². The van der Waals surface area contributed by atoms with Gasteiger partial charge in [-0.25, -0.2) is 5.48 Å². The van der Waals surface area contributed by atoms with E-state index in [9.17, 15) is 22.8 Å². The van der Waals surface area contributed by atoms with E-state index in [4.69, 9.17) is 5.21 Å². The van der Waals surface area contributed by atoms with Gasteiger partial charge in [0.25, 0.3) is 5.91 Å². The van der Waals surface area contributed by atoms with Crippen molar-refractivity contribution in [1.29, 1.82) is 0 Å². The molecule has 29 heavy (non-hydrogen) atoms. The molecule has 1 heterocycles. The van der Waals surface area contributed by atoms with Crippen LogP contribution in [0.4, 0.5) is 13.2 Å². The fourth-order valence-corrected chi connectivity index (χ4v) is 4.44. The maximum atomic E-state index is 13.2. The van der Waals surface area contributed by atoms with Crippen LogP contribution in [-0.2, 0) is 30.4 Å². The quantitative estimate of drug-likeness (QED) is 0.609. The first-order valence-corrected chi connectivity index (χ1v) is 9.24. The van der Waals surface area contributed by atoms with Gasteiger partial charge in [-0.3, -0.25) is 14.8 Å². The summed E-state index contributed by atoms with van der Waals surface area (Å²) in [5.41, 5.74) is 2.96. The molecule has 1 spiro atoms. The van der Waals surface area contributed by atoms with Crippen molar-refractivity contribution in [1.82, 2.24) is 10.4 Å². The summed E-state index contributed by atoms with van der Waals surface area (Å²) in [6.45, 7) is 0.758. The minimum Gasteiger partial charge on any atom is -0.338 e. The first-order chi connectivity index (χ1) is 13.7. The molecule has 0 aromatic heterocycles. The predicted molar refractivity (Wildman–Crippen MR) is 97.0 cm³/mol. The van der Waals surface area contributed by atoms with Gasteiger partial charge in [-0.1, -0.05) is 24.3 Å². The number of carbonyl (C=O) groups excluding carboxylic acids is 2. The molecule has 5 nitrogen and oxygen atoms in total. The lowest BCUT2D eigenvalue weighted by Gasteiger charge is -2.23. The van der Waals surface area contributed by atoms with E-state index in [1.165, 1.54) is 12.1 Å². The van der Waals surface area contributed by atoms with Gasteiger partial charge in [0.15, 0.2) is 0 Å². The number of rotatable bonds is 3. The van der Waals surface area contributed by atoms with Crippen LogP contribution in [0.25, 0.3) is 0 Å². The van der Waals surface area contributed by atoms with Crippen LogP contribution in [0.3, 0.4) is 0 Å². The minimum atomic E-state index is -4.39. The molecule has 2 aromatic carbocycles. The standard InChI is InChI=1S/C21H19F3N2O3/c22-21(23,24)15-6-4-13(5-7-15)12-26-9-8-20(19(26)28)10-14-2-1-3-16(17(14)11-20)18(27)25-29/h1-7,29H,8-12H2,(H,25,27). The third kappa shape index (κ3) is 3.37. The van der Waals surface area contributed by atoms with Crippen molar-refractivity contribution in [2.75, 3.05) is 6.54 Å². The van der Waals surface area contributed by atoms with Crippen molar-refractivity contribution in [2.45, 2.75) is 32.0 Å². The molecule has 4 rings (SSSR count). The van der Waals surface area contributed by atoms with Gasteiger partial charge >= 0.3 is 6.18 Å². The second-order valence-corrected chi connectivity index (χ2v) is 7.69. The Morgan fingerprint density at radius 2 is 1.86 bits per heavy atom. The predicted octanol–water partition coefficient (Wildman–Crippen LogP) is 3.34. The van der Waals surface area contributed by atoms with Crippen molar-refractivity contribution in [3.05, 3.63) is 70.3 Å². The lowest BCUT2D eigenvalue weighted by atomic mass is 9.83. The third-order valence-electron chi connectivity index (χ3n) is 5.92. The Balaban J connectivity index is 1.51. The van der Waals surface area contributed by atoms with E-state index in [1.807, 2.05) is 6.07 Å². The zero-order chi connectivity index (χ0) is 20.8. The number of benzene rings is 2. The zero-order valence-corrected chi connectivity index (χ0v) is 15.4. The van der Waals surface area contributed by atoms with Crippen molar-refractivity contribution < 1.29 is 28.0 Å². The monoisotopic (exact) mass is 404 g/mol. The smallest absolute Gasteiger partial charge is 0.338 e. The third-order valence-corrected chi connectivity index (χ3v) is 5.92. The van der Waals surface area contributed by atoms with Crippen molar-refractivity contribution >= 4 is 11.8 Å². The van der Waals surface area contributed by atoms with Crippen LogP contribution in [0.2, 0.25) is 0 Å². The second-order valence-electron chi connectivity index (χ2n) is 7.69. The van der Waals surface area contributed by atoms with Gasteiger partial charge in [-0.2, -0.15) is 13.2 Å². The molecule has 1 saturated heterocycles. The summed E-state index contributed by atoms with van der Waals surface area (Å²) < 4.78 is 38.2. The van der Waals surface area contributed by atoms with Gasteiger partial charge in [-0.15, -0.1) is 0 Å². The van der Waals surface area contributed by atoms with Crippen LogP contribution in [0.15, 0.2) is 42.5 Å². The van der Waals surface area contributed by atoms with E-state index in [1.54, 1.807) is 22.5 Å². The molecule has 0 radical (unpaired) electrons. The van der Waals surface area contributed by atoms with Gasteiger partial charge in [0.05, 0.1) is 11.0 Å². The summed E-state index contributed by atoms with van der Waals surface area (Å²) in [5.74, 6) is -0.657. The Morgan fingerprint density at radius 1 is 1.14 bits per heavy atom. The first kappa shape index (κ1) is 19.4. The Hall–Kier alpha value is -2.87. The number of nitrogens with zero attached hydrogens (tertiary/aromatic N) is 1. The highest BCUT2D eigenvalue weighted by molar-refractivity contribution is 5.96. The molecule has 1 aliphatic heterocycles. The molecule has 2 N–H and O–H groups in total. The summed E-state index contributed by atoms with van der Waals surface area (Å²) in [6.07, 6.45) is -2.85. The number of likely N-dealkylation sites (tertiary alicyclic amines) is 1. The largest absolute Gasteiger partial charge is 0.416 e. The van der Waals surface area contributed by atoms with E-state index >= 15 is 0 Å². The summed E-state index contributed by atoms with van der Waals surface area (Å²) >= 11 is 0. The van der Waals surface area contributed by atoms with Crippen molar-refractivity contribution in [3.8, 4) is 0 Å². The van der Waals surface area contributed by atoms with Gasteiger partial charge in [0.2, 0.25) is 5.91 Å². The maximum Gasteiger partial charge on any atom is 0.416 e. The lowest BCUT2D eigenvalue weighted by molar-refractivity contribution is -0.138. The highest BCUT2D eigenvalue weighted by atomic mass is 19.4. The summed E-state index contributed by atoms with van der Waals surface area (Å²) in [4.78, 5) is 26.8. The average molecular weight is 404 g/mol. The maximum absolute atomic E-state index is 13.2. The molecule has 2 aliphatic rings. The van der Waals surface area contributed by atoms with Crippen molar-refractivity contribution in [2.24, 2.45) is 5.41 Å². The molecule has 1 aliphatic carbocycles. The van der Waals surface area contributed by atoms with E-state index < -0.39 is 23.1 Å². The van der Waals surface area contributed by atoms with Crippen molar-refractivity contribution in [3.63, 3.8) is 0 Å². The number of nitrogens with one attached hydrogen (secondary N) is 1. The number of amides is 2. The number of hydrogen-bond acceptors (Lipinski definition) is 3. The molecule has 1 fully saturated rings. The molecule has 2 aromatic rings. The van der Waals surface area contributed by atoms with Crippen LogP contribution in [-0.4, -0.2) is 28.5 Å². The van der Waals surface area contributed by atoms with Crippen LogP contribution in [0.5, 0.6) is 0 Å². The first-order valence-electron chi connectivity index (χ1n) is 9.24. The molecular weight excluding hydrogens is 385 g/mol. The molecule has 1 atom stereocenters. The minimum absolute atomic E-state index is 0.0519. The van der Waals surface area contributed by atoms with Gasteiger partial charge in [0.1, 0.15) is 0 Å². The number of carbonyl (C=O) groups is 2. The van der Waals surface area contributed by atoms with Gasteiger partial charge in [0, 0.05) is 18.7 Å². The Labute approximate surface area is 165 Å². The summed E-state index contributed by atoms with van der Waals surface area (Å²) in [7, 11) is 0. The van der Waals surface area contributed by atoms with Crippen LogP contribution >= 0.6 is 0 Å². The van der Waals surface area contributed by atoms with E-state index in [-0.39, 0.29) is 12.5 Å². The molecule has 0 bridgehead atoms. The lowest BCUT2D eigenvalue weighted by Crippen LogP contribution is -2.35. The van der Waals surface area contributed by atoms with Gasteiger partial charge in [-0.05, 0) is 54.2 Å². The average Bonchev–Trinajstić information content (AvgIpc) is 3.22. The number of hydrogen-bond donors (Lipinski definition) is 2. The van der Waals surface area contributed by atoms with Crippen LogP contribution < -0.4 is 5.48 Å². The molecule has 0 saturated carbocycles. The fourth-order valence-electron chi connectivity index (χ4n) is 4.44. The summed E-state index contributed by atoms with van der Waals surface area (Å²) in [5, 5.41) is 8.96. The zero-order valence-electron chi connectivity index (χ0n) is 15.4. The molecule has 2 amide bonds. The Kier molecular flexibility index (Phi) is 4.61. The van der Waals surface area contributed by atoms with E-state index in [2.05, 4.69) is 0 Å². The number of hydroxylamine groups is 1. The van der Waals surface area contributed by atoms with E-state index in [0.717, 1.165) is 23.3 Å².